The van der Waals surface area contributed by atoms with E-state index in [1.54, 1.807) is 36.4 Å². The van der Waals surface area contributed by atoms with E-state index in [4.69, 9.17) is 0 Å². The average molecular weight is 340 g/mol. The number of aromatic carboxylic acids is 1. The molecule has 0 unspecified atom stereocenters. The fourth-order valence-electron chi connectivity index (χ4n) is 2.63. The van der Waals surface area contributed by atoms with Crippen LogP contribution in [0.5, 0.6) is 0 Å². The van der Waals surface area contributed by atoms with Gasteiger partial charge in [-0.3, -0.25) is 9.59 Å². The molecule has 2 amide bonds. The Labute approximate surface area is 143 Å². The van der Waals surface area contributed by atoms with Crippen LogP contribution in [0, 0.1) is 6.92 Å². The molecular weight excluding hydrogens is 326 g/mol. The van der Waals surface area contributed by atoms with E-state index in [0.29, 0.717) is 10.6 Å². The predicted molar refractivity (Wildman–Crippen MR) is 88.7 cm³/mol. The molecule has 24 heavy (non-hydrogen) atoms. The molecule has 1 fully saturated rings. The average Bonchev–Trinajstić information content (AvgIpc) is 2.81. The number of benzene rings is 2. The van der Waals surface area contributed by atoms with Crippen molar-refractivity contribution < 1.29 is 19.5 Å². The summed E-state index contributed by atoms with van der Waals surface area (Å²) in [7, 11) is 0. The third-order valence-electron chi connectivity index (χ3n) is 3.74. The number of rotatable bonds is 4. The number of thioether (sulfide) groups is 1. The molecule has 1 heterocycles. The first-order chi connectivity index (χ1) is 11.5. The van der Waals surface area contributed by atoms with E-state index in [-0.39, 0.29) is 23.8 Å². The maximum atomic E-state index is 12.6. The number of carboxylic acid groups (broad SMARTS) is 1. The minimum absolute atomic E-state index is 0.0248. The summed E-state index contributed by atoms with van der Waals surface area (Å²) in [5, 5.41) is 10.5. The minimum atomic E-state index is -1.30. The molecule has 3 rings (SSSR count). The molecule has 2 aromatic carbocycles. The lowest BCUT2D eigenvalue weighted by Gasteiger charge is -2.16. The number of aryl methyl sites for hydroxylation is 1. The lowest BCUT2D eigenvalue weighted by molar-refractivity contribution is -0.255. The van der Waals surface area contributed by atoms with Gasteiger partial charge in [-0.1, -0.05) is 30.3 Å². The number of amides is 2. The third kappa shape index (κ3) is 3.05. The van der Waals surface area contributed by atoms with Crippen molar-refractivity contribution in [3.8, 4) is 0 Å². The molecule has 5 nitrogen and oxygen atoms in total. The van der Waals surface area contributed by atoms with Gasteiger partial charge in [0.25, 0.3) is 0 Å². The molecule has 6 heteroatoms. The van der Waals surface area contributed by atoms with Gasteiger partial charge < -0.3 is 9.90 Å². The van der Waals surface area contributed by atoms with Gasteiger partial charge in [-0.15, -0.1) is 11.8 Å². The summed E-state index contributed by atoms with van der Waals surface area (Å²) in [6, 6.07) is 13.5. The highest BCUT2D eigenvalue weighted by Crippen LogP contribution is 2.35. The van der Waals surface area contributed by atoms with Crippen LogP contribution < -0.4 is 10.0 Å². The van der Waals surface area contributed by atoms with Crippen molar-refractivity contribution >= 4 is 35.2 Å². The molecule has 1 saturated heterocycles. The molecule has 122 valence electrons. The molecule has 0 N–H and O–H groups in total. The molecular formula is C18H14NO4S-. The molecule has 1 atom stereocenters. The van der Waals surface area contributed by atoms with Gasteiger partial charge in [0.15, 0.2) is 0 Å². The van der Waals surface area contributed by atoms with Gasteiger partial charge in [-0.25, -0.2) is 4.90 Å². The Hall–Kier alpha value is -2.60. The summed E-state index contributed by atoms with van der Waals surface area (Å²) in [5.74, 6) is -1.91. The second kappa shape index (κ2) is 6.49. The highest BCUT2D eigenvalue weighted by atomic mass is 32.2. The fraction of sp³-hybridized carbons (Fsp3) is 0.167. The lowest BCUT2D eigenvalue weighted by Crippen LogP contribution is -2.31. The Morgan fingerprint density at radius 3 is 2.62 bits per heavy atom. The summed E-state index contributed by atoms with van der Waals surface area (Å²) in [6.07, 6.45) is 0.0405. The van der Waals surface area contributed by atoms with Crippen LogP contribution in [0.2, 0.25) is 0 Å². The van der Waals surface area contributed by atoms with E-state index in [0.717, 1.165) is 17.3 Å². The number of nitrogens with zero attached hydrogens (tertiary/aromatic N) is 1. The quantitative estimate of drug-likeness (QED) is 0.793. The van der Waals surface area contributed by atoms with Crippen molar-refractivity contribution in [2.24, 2.45) is 0 Å². The first-order valence-corrected chi connectivity index (χ1v) is 8.26. The number of imide groups is 1. The Balaban J connectivity index is 1.86. The van der Waals surface area contributed by atoms with Crippen LogP contribution in [0.1, 0.15) is 22.3 Å². The van der Waals surface area contributed by atoms with Crippen LogP contribution in [0.3, 0.4) is 0 Å². The molecule has 0 saturated carbocycles. The highest BCUT2D eigenvalue weighted by Gasteiger charge is 2.40. The van der Waals surface area contributed by atoms with Crippen LogP contribution in [-0.2, 0) is 9.59 Å². The van der Waals surface area contributed by atoms with Crippen LogP contribution in [0.25, 0.3) is 0 Å². The van der Waals surface area contributed by atoms with E-state index in [1.807, 2.05) is 13.0 Å². The van der Waals surface area contributed by atoms with E-state index < -0.39 is 11.2 Å². The monoisotopic (exact) mass is 340 g/mol. The zero-order chi connectivity index (χ0) is 17.3. The lowest BCUT2D eigenvalue weighted by atomic mass is 10.2. The van der Waals surface area contributed by atoms with Gasteiger partial charge >= 0.3 is 0 Å². The summed E-state index contributed by atoms with van der Waals surface area (Å²) in [6.45, 7) is 1.89. The number of carboxylic acids is 1. The number of hydrogen-bond donors (Lipinski definition) is 0. The van der Waals surface area contributed by atoms with Gasteiger partial charge in [0.05, 0.1) is 16.9 Å². The van der Waals surface area contributed by atoms with Gasteiger partial charge in [0, 0.05) is 16.9 Å². The number of hydrogen-bond acceptors (Lipinski definition) is 5. The summed E-state index contributed by atoms with van der Waals surface area (Å²) >= 11 is 1.09. The first-order valence-electron chi connectivity index (χ1n) is 7.38. The number of anilines is 1. The Morgan fingerprint density at radius 1 is 1.17 bits per heavy atom. The Kier molecular flexibility index (Phi) is 4.40. The number of carbonyl (C=O) groups is 3. The minimum Gasteiger partial charge on any atom is -0.545 e. The maximum Gasteiger partial charge on any atom is 0.247 e. The van der Waals surface area contributed by atoms with E-state index in [2.05, 4.69) is 0 Å². The molecule has 0 spiro atoms. The molecule has 1 aliphatic rings. The van der Waals surface area contributed by atoms with Crippen LogP contribution in [-0.4, -0.2) is 23.0 Å². The molecule has 0 aliphatic carbocycles. The fourth-order valence-corrected chi connectivity index (χ4v) is 3.80. The molecule has 0 radical (unpaired) electrons. The zero-order valence-electron chi connectivity index (χ0n) is 12.9. The summed E-state index contributed by atoms with van der Waals surface area (Å²) in [5.41, 5.74) is 1.52. The smallest absolute Gasteiger partial charge is 0.247 e. The Bertz CT molecular complexity index is 833. The third-order valence-corrected chi connectivity index (χ3v) is 5.00. The van der Waals surface area contributed by atoms with Crippen molar-refractivity contribution in [2.75, 3.05) is 4.90 Å². The SMILES string of the molecule is Cc1cccc(N2C(=O)C[C@H](Sc3ccccc3C(=O)[O-])C2=O)c1. The van der Waals surface area contributed by atoms with Crippen LogP contribution in [0.15, 0.2) is 53.4 Å². The molecule has 2 aromatic rings. The van der Waals surface area contributed by atoms with Gasteiger partial charge in [0.2, 0.25) is 11.8 Å². The van der Waals surface area contributed by atoms with Crippen LogP contribution >= 0.6 is 11.8 Å². The van der Waals surface area contributed by atoms with Crippen molar-refractivity contribution in [1.29, 1.82) is 0 Å². The summed E-state index contributed by atoms with van der Waals surface area (Å²) in [4.78, 5) is 37.7. The van der Waals surface area contributed by atoms with Crippen molar-refractivity contribution in [1.82, 2.24) is 0 Å². The van der Waals surface area contributed by atoms with E-state index in [9.17, 15) is 19.5 Å². The van der Waals surface area contributed by atoms with Gasteiger partial charge in [-0.2, -0.15) is 0 Å². The number of carbonyl (C=O) groups excluding carboxylic acids is 3. The van der Waals surface area contributed by atoms with Gasteiger partial charge in [-0.05, 0) is 30.7 Å². The zero-order valence-corrected chi connectivity index (χ0v) is 13.7. The van der Waals surface area contributed by atoms with Crippen molar-refractivity contribution in [3.63, 3.8) is 0 Å². The van der Waals surface area contributed by atoms with Crippen molar-refractivity contribution in [2.45, 2.75) is 23.5 Å². The molecule has 0 bridgehead atoms. The van der Waals surface area contributed by atoms with E-state index in [1.165, 1.54) is 11.0 Å². The maximum absolute atomic E-state index is 12.6. The van der Waals surface area contributed by atoms with E-state index >= 15 is 0 Å². The molecule has 0 aromatic heterocycles. The largest absolute Gasteiger partial charge is 0.545 e. The molecule has 1 aliphatic heterocycles. The normalized spacial score (nSPS) is 17.4. The second-order valence-corrected chi connectivity index (χ2v) is 6.75. The predicted octanol–water partition coefficient (Wildman–Crippen LogP) is 1.78. The highest BCUT2D eigenvalue weighted by molar-refractivity contribution is 8.00. The standard InChI is InChI=1S/C18H15NO4S/c1-11-5-4-6-12(9-11)19-16(20)10-15(17(19)21)24-14-8-3-2-7-13(14)18(22)23/h2-9,15H,10H2,1H3,(H,22,23)/p-1/t15-/m0/s1. The second-order valence-electron chi connectivity index (χ2n) is 5.50. The topological polar surface area (TPSA) is 77.5 Å². The summed E-state index contributed by atoms with van der Waals surface area (Å²) < 4.78 is 0. The first kappa shape index (κ1) is 16.3. The van der Waals surface area contributed by atoms with Gasteiger partial charge in [0.1, 0.15) is 0 Å². The van der Waals surface area contributed by atoms with Crippen molar-refractivity contribution in [3.05, 3.63) is 59.7 Å². The Morgan fingerprint density at radius 2 is 1.92 bits per heavy atom. The van der Waals surface area contributed by atoms with Crippen LogP contribution in [0.4, 0.5) is 5.69 Å².